The SMILES string of the molecule is C[C@H](NC(=O)C1(N)CCC1)c1cccnc1. The van der Waals surface area contributed by atoms with Crippen LogP contribution in [0, 0.1) is 0 Å². The van der Waals surface area contributed by atoms with Crippen LogP contribution in [-0.2, 0) is 4.79 Å². The fraction of sp³-hybridized carbons (Fsp3) is 0.500. The van der Waals surface area contributed by atoms with Gasteiger partial charge in [-0.2, -0.15) is 0 Å². The minimum absolute atomic E-state index is 0.0396. The van der Waals surface area contributed by atoms with Crippen molar-refractivity contribution in [3.8, 4) is 0 Å². The molecule has 16 heavy (non-hydrogen) atoms. The summed E-state index contributed by atoms with van der Waals surface area (Å²) in [5.74, 6) is -0.0462. The molecule has 0 aliphatic heterocycles. The van der Waals surface area contributed by atoms with E-state index >= 15 is 0 Å². The first kappa shape index (κ1) is 11.1. The van der Waals surface area contributed by atoms with Crippen molar-refractivity contribution in [1.82, 2.24) is 10.3 Å². The number of aromatic nitrogens is 1. The highest BCUT2D eigenvalue weighted by molar-refractivity contribution is 5.87. The number of hydrogen-bond acceptors (Lipinski definition) is 3. The molecule has 0 bridgehead atoms. The Hall–Kier alpha value is -1.42. The number of nitrogens with two attached hydrogens (primary N) is 1. The second kappa shape index (κ2) is 4.22. The fourth-order valence-corrected chi connectivity index (χ4v) is 1.84. The molecule has 1 atom stereocenters. The maximum absolute atomic E-state index is 11.9. The first-order chi connectivity index (χ1) is 7.62. The van der Waals surface area contributed by atoms with Gasteiger partial charge in [0.25, 0.3) is 0 Å². The lowest BCUT2D eigenvalue weighted by Gasteiger charge is -2.37. The Morgan fingerprint density at radius 1 is 1.62 bits per heavy atom. The monoisotopic (exact) mass is 219 g/mol. The minimum Gasteiger partial charge on any atom is -0.348 e. The van der Waals surface area contributed by atoms with Gasteiger partial charge in [0.1, 0.15) is 0 Å². The van der Waals surface area contributed by atoms with Crippen molar-refractivity contribution < 1.29 is 4.79 Å². The van der Waals surface area contributed by atoms with E-state index in [0.29, 0.717) is 0 Å². The lowest BCUT2D eigenvalue weighted by atomic mass is 9.77. The highest BCUT2D eigenvalue weighted by Gasteiger charge is 2.40. The number of carbonyl (C=O) groups is 1. The van der Waals surface area contributed by atoms with Crippen molar-refractivity contribution in [1.29, 1.82) is 0 Å². The standard InChI is InChI=1S/C12H17N3O/c1-9(10-4-2-7-14-8-10)15-11(16)12(13)5-3-6-12/h2,4,7-9H,3,5-6,13H2,1H3,(H,15,16)/t9-/m0/s1. The fourth-order valence-electron chi connectivity index (χ4n) is 1.84. The largest absolute Gasteiger partial charge is 0.348 e. The van der Waals surface area contributed by atoms with Gasteiger partial charge >= 0.3 is 0 Å². The summed E-state index contributed by atoms with van der Waals surface area (Å²) in [5.41, 5.74) is 6.32. The van der Waals surface area contributed by atoms with E-state index in [9.17, 15) is 4.79 Å². The van der Waals surface area contributed by atoms with Crippen molar-refractivity contribution in [3.63, 3.8) is 0 Å². The number of nitrogens with zero attached hydrogens (tertiary/aromatic N) is 1. The van der Waals surface area contributed by atoms with E-state index in [1.807, 2.05) is 19.1 Å². The van der Waals surface area contributed by atoms with Crippen LogP contribution < -0.4 is 11.1 Å². The molecule has 1 fully saturated rings. The zero-order valence-electron chi connectivity index (χ0n) is 9.44. The summed E-state index contributed by atoms with van der Waals surface area (Å²) in [6, 6.07) is 3.77. The van der Waals surface area contributed by atoms with Gasteiger partial charge in [0, 0.05) is 12.4 Å². The molecule has 0 saturated heterocycles. The van der Waals surface area contributed by atoms with Gasteiger partial charge in [0.05, 0.1) is 11.6 Å². The van der Waals surface area contributed by atoms with Gasteiger partial charge in [-0.1, -0.05) is 6.07 Å². The summed E-state index contributed by atoms with van der Waals surface area (Å²) in [5, 5.41) is 2.93. The number of rotatable bonds is 3. The van der Waals surface area contributed by atoms with Crippen LogP contribution in [0.3, 0.4) is 0 Å². The predicted molar refractivity (Wildman–Crippen MR) is 61.6 cm³/mol. The van der Waals surface area contributed by atoms with Crippen LogP contribution >= 0.6 is 0 Å². The molecule has 0 aromatic carbocycles. The molecule has 3 N–H and O–H groups in total. The molecule has 1 saturated carbocycles. The molecular weight excluding hydrogens is 202 g/mol. The van der Waals surface area contributed by atoms with E-state index in [1.165, 1.54) is 0 Å². The van der Waals surface area contributed by atoms with Crippen molar-refractivity contribution >= 4 is 5.91 Å². The highest BCUT2D eigenvalue weighted by atomic mass is 16.2. The van der Waals surface area contributed by atoms with Gasteiger partial charge in [0.2, 0.25) is 5.91 Å². The zero-order chi connectivity index (χ0) is 11.6. The third-order valence-electron chi connectivity index (χ3n) is 3.23. The average molecular weight is 219 g/mol. The Labute approximate surface area is 95.3 Å². The smallest absolute Gasteiger partial charge is 0.240 e. The van der Waals surface area contributed by atoms with E-state index in [0.717, 1.165) is 24.8 Å². The van der Waals surface area contributed by atoms with Crippen molar-refractivity contribution in [2.24, 2.45) is 5.73 Å². The average Bonchev–Trinajstić information content (AvgIpc) is 2.27. The van der Waals surface area contributed by atoms with E-state index < -0.39 is 5.54 Å². The van der Waals surface area contributed by atoms with Crippen molar-refractivity contribution in [3.05, 3.63) is 30.1 Å². The second-order valence-corrected chi connectivity index (χ2v) is 4.49. The van der Waals surface area contributed by atoms with Crippen LogP contribution in [0.4, 0.5) is 0 Å². The Bertz CT molecular complexity index is 373. The molecule has 86 valence electrons. The van der Waals surface area contributed by atoms with Gasteiger partial charge < -0.3 is 11.1 Å². The second-order valence-electron chi connectivity index (χ2n) is 4.49. The number of nitrogens with one attached hydrogen (secondary N) is 1. The molecule has 4 nitrogen and oxygen atoms in total. The molecule has 2 rings (SSSR count). The number of carbonyl (C=O) groups excluding carboxylic acids is 1. The Morgan fingerprint density at radius 3 is 2.88 bits per heavy atom. The molecule has 1 amide bonds. The Balaban J connectivity index is 1.97. The summed E-state index contributed by atoms with van der Waals surface area (Å²) in [6.07, 6.45) is 6.10. The van der Waals surface area contributed by atoms with Crippen LogP contribution in [0.1, 0.15) is 37.8 Å². The maximum atomic E-state index is 11.9. The molecule has 1 aromatic heterocycles. The van der Waals surface area contributed by atoms with Crippen LogP contribution in [0.25, 0.3) is 0 Å². The van der Waals surface area contributed by atoms with Crippen LogP contribution in [0.5, 0.6) is 0 Å². The lowest BCUT2D eigenvalue weighted by molar-refractivity contribution is -0.129. The third kappa shape index (κ3) is 2.07. The molecular formula is C12H17N3O. The lowest BCUT2D eigenvalue weighted by Crippen LogP contribution is -2.58. The van der Waals surface area contributed by atoms with Crippen LogP contribution in [0.15, 0.2) is 24.5 Å². The molecule has 0 radical (unpaired) electrons. The zero-order valence-corrected chi connectivity index (χ0v) is 9.44. The predicted octanol–water partition coefficient (Wildman–Crippen LogP) is 1.14. The third-order valence-corrected chi connectivity index (χ3v) is 3.23. The van der Waals surface area contributed by atoms with Crippen LogP contribution in [-0.4, -0.2) is 16.4 Å². The molecule has 4 heteroatoms. The van der Waals surface area contributed by atoms with Gasteiger partial charge in [-0.05, 0) is 37.8 Å². The molecule has 1 heterocycles. The first-order valence-corrected chi connectivity index (χ1v) is 5.62. The summed E-state index contributed by atoms with van der Waals surface area (Å²) >= 11 is 0. The topological polar surface area (TPSA) is 68.0 Å². The summed E-state index contributed by atoms with van der Waals surface area (Å²) in [7, 11) is 0. The summed E-state index contributed by atoms with van der Waals surface area (Å²) in [6.45, 7) is 1.94. The highest BCUT2D eigenvalue weighted by Crippen LogP contribution is 2.29. The summed E-state index contributed by atoms with van der Waals surface area (Å²) < 4.78 is 0. The first-order valence-electron chi connectivity index (χ1n) is 5.62. The van der Waals surface area contributed by atoms with Gasteiger partial charge in [-0.25, -0.2) is 0 Å². The normalized spacial score (nSPS) is 19.6. The van der Waals surface area contributed by atoms with E-state index in [1.54, 1.807) is 12.4 Å². The van der Waals surface area contributed by atoms with Gasteiger partial charge in [0.15, 0.2) is 0 Å². The Morgan fingerprint density at radius 2 is 2.38 bits per heavy atom. The van der Waals surface area contributed by atoms with Gasteiger partial charge in [-0.3, -0.25) is 9.78 Å². The number of hydrogen-bond donors (Lipinski definition) is 2. The molecule has 0 unspecified atom stereocenters. The molecule has 1 aliphatic rings. The Kier molecular flexibility index (Phi) is 2.92. The number of pyridine rings is 1. The molecule has 0 spiro atoms. The van der Waals surface area contributed by atoms with Crippen LogP contribution in [0.2, 0.25) is 0 Å². The van der Waals surface area contributed by atoms with Gasteiger partial charge in [-0.15, -0.1) is 0 Å². The molecule has 1 aromatic rings. The van der Waals surface area contributed by atoms with Crippen molar-refractivity contribution in [2.75, 3.05) is 0 Å². The maximum Gasteiger partial charge on any atom is 0.240 e. The summed E-state index contributed by atoms with van der Waals surface area (Å²) in [4.78, 5) is 15.9. The quantitative estimate of drug-likeness (QED) is 0.801. The minimum atomic E-state index is -0.629. The van der Waals surface area contributed by atoms with E-state index in [4.69, 9.17) is 5.73 Å². The number of amides is 1. The van der Waals surface area contributed by atoms with Crippen molar-refractivity contribution in [2.45, 2.75) is 37.8 Å². The molecule has 1 aliphatic carbocycles. The van der Waals surface area contributed by atoms with E-state index in [-0.39, 0.29) is 11.9 Å². The van der Waals surface area contributed by atoms with E-state index in [2.05, 4.69) is 10.3 Å².